The van der Waals surface area contributed by atoms with Gasteiger partial charge in [-0.25, -0.2) is 0 Å². The Kier molecular flexibility index (Phi) is 7.19. The molecule has 0 bridgehead atoms. The third kappa shape index (κ3) is 6.26. The maximum absolute atomic E-state index is 12.3. The quantitative estimate of drug-likeness (QED) is 0.475. The second kappa shape index (κ2) is 10.0. The fourth-order valence-corrected chi connectivity index (χ4v) is 3.79. The number of nitrogens with one attached hydrogen (secondary N) is 3. The van der Waals surface area contributed by atoms with Crippen LogP contribution in [0.3, 0.4) is 0 Å². The lowest BCUT2D eigenvalue weighted by molar-refractivity contribution is -0.122. The first kappa shape index (κ1) is 22.2. The summed E-state index contributed by atoms with van der Waals surface area (Å²) in [6.45, 7) is 5.13. The van der Waals surface area contributed by atoms with E-state index in [4.69, 9.17) is 0 Å². The highest BCUT2D eigenvalue weighted by molar-refractivity contribution is 8.15. The molecule has 1 heterocycles. The molecule has 2 aromatic rings. The van der Waals surface area contributed by atoms with Crippen LogP contribution in [0.4, 0.5) is 11.4 Å². The Hall–Kier alpha value is -3.46. The van der Waals surface area contributed by atoms with Gasteiger partial charge in [0.2, 0.25) is 17.7 Å². The summed E-state index contributed by atoms with van der Waals surface area (Å²) < 4.78 is 0. The molecule has 1 aliphatic heterocycles. The normalized spacial score (nSPS) is 17.4. The zero-order valence-corrected chi connectivity index (χ0v) is 18.2. The average molecular weight is 438 g/mol. The molecule has 2 aromatic carbocycles. The Labute approximate surface area is 184 Å². The molecule has 1 fully saturated rings. The number of hydrogen-bond donors (Lipinski definition) is 3. The number of nitrogens with zero attached hydrogens (tertiary/aromatic N) is 2. The van der Waals surface area contributed by atoms with Gasteiger partial charge in [-0.3, -0.25) is 14.4 Å². The summed E-state index contributed by atoms with van der Waals surface area (Å²) in [7, 11) is 0. The van der Waals surface area contributed by atoms with Gasteiger partial charge in [0.1, 0.15) is 5.25 Å². The van der Waals surface area contributed by atoms with Crippen molar-refractivity contribution in [3.8, 4) is 0 Å². The van der Waals surface area contributed by atoms with Gasteiger partial charge in [0.25, 0.3) is 0 Å². The monoisotopic (exact) mass is 437 g/mol. The maximum atomic E-state index is 12.3. The van der Waals surface area contributed by atoms with E-state index in [0.29, 0.717) is 16.6 Å². The van der Waals surface area contributed by atoms with Gasteiger partial charge in [-0.15, -0.1) is 5.10 Å². The molecule has 3 rings (SSSR count). The number of para-hydroxylation sites is 1. The third-order valence-electron chi connectivity index (χ3n) is 4.46. The summed E-state index contributed by atoms with van der Waals surface area (Å²) in [5.74, 6) is -0.670. The topological polar surface area (TPSA) is 112 Å². The van der Waals surface area contributed by atoms with E-state index in [1.807, 2.05) is 43.3 Å². The molecule has 1 saturated heterocycles. The number of thioether (sulfide) groups is 1. The van der Waals surface area contributed by atoms with Gasteiger partial charge >= 0.3 is 0 Å². The average Bonchev–Trinajstić information content (AvgIpc) is 3.06. The number of hydrogen-bond acceptors (Lipinski definition) is 6. The van der Waals surface area contributed by atoms with Crippen LogP contribution in [0.25, 0.3) is 0 Å². The molecule has 1 unspecified atom stereocenters. The molecule has 0 radical (unpaired) electrons. The van der Waals surface area contributed by atoms with Gasteiger partial charge in [0.15, 0.2) is 5.17 Å². The standard InChI is InChI=1S/C22H23N5O3S/c1-13-7-4-5-10-18(13)24-20(29)12-19-21(30)25-22(31-19)27-26-14(2)16-8-6-9-17(11-16)23-15(3)28/h4-11,19H,12H2,1-3H3,(H,23,28)(H,24,29)(H,25,27,30). The highest BCUT2D eigenvalue weighted by Gasteiger charge is 2.32. The lowest BCUT2D eigenvalue weighted by Crippen LogP contribution is -2.28. The minimum atomic E-state index is -0.568. The highest BCUT2D eigenvalue weighted by atomic mass is 32.2. The first-order chi connectivity index (χ1) is 14.8. The Morgan fingerprint density at radius 2 is 1.87 bits per heavy atom. The van der Waals surface area contributed by atoms with Gasteiger partial charge in [0, 0.05) is 24.7 Å². The smallest absolute Gasteiger partial charge is 0.240 e. The maximum Gasteiger partial charge on any atom is 0.240 e. The van der Waals surface area contributed by atoms with Crippen LogP contribution in [0.5, 0.6) is 0 Å². The summed E-state index contributed by atoms with van der Waals surface area (Å²) in [6, 6.07) is 14.7. The number of aryl methyl sites for hydroxylation is 1. The fraction of sp³-hybridized carbons (Fsp3) is 0.227. The number of rotatable bonds is 6. The molecular weight excluding hydrogens is 414 g/mol. The largest absolute Gasteiger partial charge is 0.326 e. The van der Waals surface area contributed by atoms with Crippen LogP contribution in [0.1, 0.15) is 31.4 Å². The zero-order valence-electron chi connectivity index (χ0n) is 17.4. The van der Waals surface area contributed by atoms with Crippen molar-refractivity contribution in [2.24, 2.45) is 10.2 Å². The number of carbonyl (C=O) groups excluding carboxylic acids is 3. The fourth-order valence-electron chi connectivity index (χ4n) is 2.87. The first-order valence-corrected chi connectivity index (χ1v) is 10.5. The van der Waals surface area contributed by atoms with E-state index in [1.54, 1.807) is 19.1 Å². The first-order valence-electron chi connectivity index (χ1n) is 9.65. The summed E-state index contributed by atoms with van der Waals surface area (Å²) in [5.41, 5.74) is 3.75. The van der Waals surface area contributed by atoms with Crippen molar-refractivity contribution in [1.82, 2.24) is 5.32 Å². The van der Waals surface area contributed by atoms with Gasteiger partial charge in [-0.1, -0.05) is 42.1 Å². The Morgan fingerprint density at radius 3 is 2.61 bits per heavy atom. The highest BCUT2D eigenvalue weighted by Crippen LogP contribution is 2.24. The van der Waals surface area contributed by atoms with Gasteiger partial charge in [-0.05, 0) is 43.2 Å². The van der Waals surface area contributed by atoms with Crippen molar-refractivity contribution in [2.45, 2.75) is 32.4 Å². The summed E-state index contributed by atoms with van der Waals surface area (Å²) >= 11 is 1.18. The van der Waals surface area contributed by atoms with Gasteiger partial charge < -0.3 is 16.0 Å². The molecule has 31 heavy (non-hydrogen) atoms. The zero-order chi connectivity index (χ0) is 22.4. The van der Waals surface area contributed by atoms with E-state index < -0.39 is 5.25 Å². The van der Waals surface area contributed by atoms with E-state index in [-0.39, 0.29) is 24.1 Å². The summed E-state index contributed by atoms with van der Waals surface area (Å²) in [6.07, 6.45) is 0.0330. The van der Waals surface area contributed by atoms with Crippen LogP contribution < -0.4 is 16.0 Å². The SMILES string of the molecule is CC(=O)Nc1cccc(C(C)=NN=C2NC(=O)C(CC(=O)Nc3ccccc3C)S2)c1. The van der Waals surface area contributed by atoms with Crippen molar-refractivity contribution in [3.63, 3.8) is 0 Å². The van der Waals surface area contributed by atoms with Crippen molar-refractivity contribution in [1.29, 1.82) is 0 Å². The van der Waals surface area contributed by atoms with Crippen LogP contribution in [0, 0.1) is 6.92 Å². The molecule has 0 aliphatic carbocycles. The minimum absolute atomic E-state index is 0.0330. The second-order valence-electron chi connectivity index (χ2n) is 7.02. The van der Waals surface area contributed by atoms with Crippen molar-refractivity contribution in [3.05, 3.63) is 59.7 Å². The molecule has 8 nitrogen and oxygen atoms in total. The Morgan fingerprint density at radius 1 is 1.10 bits per heavy atom. The van der Waals surface area contributed by atoms with Crippen molar-refractivity contribution < 1.29 is 14.4 Å². The number of carbonyl (C=O) groups is 3. The molecule has 0 saturated carbocycles. The van der Waals surface area contributed by atoms with Crippen LogP contribution in [-0.4, -0.2) is 33.9 Å². The number of benzene rings is 2. The molecule has 3 N–H and O–H groups in total. The van der Waals surface area contributed by atoms with E-state index in [1.165, 1.54) is 18.7 Å². The lowest BCUT2D eigenvalue weighted by atomic mass is 10.1. The van der Waals surface area contributed by atoms with Gasteiger partial charge in [-0.2, -0.15) is 5.10 Å². The van der Waals surface area contributed by atoms with Crippen LogP contribution in [-0.2, 0) is 14.4 Å². The molecule has 3 amide bonds. The second-order valence-corrected chi connectivity index (χ2v) is 8.21. The number of amides is 3. The van der Waals surface area contributed by atoms with Crippen LogP contribution >= 0.6 is 11.8 Å². The van der Waals surface area contributed by atoms with Crippen LogP contribution in [0.2, 0.25) is 0 Å². The Bertz CT molecular complexity index is 1080. The van der Waals surface area contributed by atoms with Gasteiger partial charge in [0.05, 0.1) is 5.71 Å². The molecule has 0 aromatic heterocycles. The molecule has 0 spiro atoms. The van der Waals surface area contributed by atoms with Crippen LogP contribution in [0.15, 0.2) is 58.7 Å². The predicted octanol–water partition coefficient (Wildman–Crippen LogP) is 3.29. The van der Waals surface area contributed by atoms with E-state index in [2.05, 4.69) is 26.2 Å². The molecular formula is C22H23N5O3S. The molecule has 1 atom stereocenters. The number of anilines is 2. The van der Waals surface area contributed by atoms with E-state index >= 15 is 0 Å². The Balaban J connectivity index is 1.62. The van der Waals surface area contributed by atoms with E-state index in [9.17, 15) is 14.4 Å². The van der Waals surface area contributed by atoms with E-state index in [0.717, 1.165) is 16.8 Å². The molecule has 160 valence electrons. The third-order valence-corrected chi connectivity index (χ3v) is 5.53. The predicted molar refractivity (Wildman–Crippen MR) is 124 cm³/mol. The lowest BCUT2D eigenvalue weighted by Gasteiger charge is -2.09. The minimum Gasteiger partial charge on any atom is -0.326 e. The van der Waals surface area contributed by atoms with Crippen molar-refractivity contribution >= 4 is 51.7 Å². The summed E-state index contributed by atoms with van der Waals surface area (Å²) in [4.78, 5) is 35.8. The number of amidine groups is 1. The molecule has 1 aliphatic rings. The summed E-state index contributed by atoms with van der Waals surface area (Å²) in [5, 5.41) is 16.3. The molecule has 9 heteroatoms. The van der Waals surface area contributed by atoms with Crippen molar-refractivity contribution in [2.75, 3.05) is 10.6 Å².